The quantitative estimate of drug-likeness (QED) is 0.213. The van der Waals surface area contributed by atoms with Crippen LogP contribution in [0.5, 0.6) is 0 Å². The molecule has 0 radical (unpaired) electrons. The van der Waals surface area contributed by atoms with Crippen LogP contribution in [0.1, 0.15) is 65.9 Å². The number of nitrogens with two attached hydrogens (primary N) is 1. The van der Waals surface area contributed by atoms with E-state index in [0.717, 1.165) is 6.07 Å². The van der Waals surface area contributed by atoms with Crippen molar-refractivity contribution in [2.45, 2.75) is 115 Å². The summed E-state index contributed by atoms with van der Waals surface area (Å²) in [6, 6.07) is 5.21. The van der Waals surface area contributed by atoms with Crippen molar-refractivity contribution in [1.29, 1.82) is 0 Å². The molecule has 1 aromatic heterocycles. The Balaban J connectivity index is 1.70. The first kappa shape index (κ1) is 37.0. The Morgan fingerprint density at radius 1 is 1.02 bits per heavy atom. The Morgan fingerprint density at radius 3 is 2.22 bits per heavy atom. The molecule has 6 atom stereocenters. The third-order valence-electron chi connectivity index (χ3n) is 9.50. The topological polar surface area (TPSA) is 133 Å². The Bertz CT molecular complexity index is 1510. The maximum Gasteiger partial charge on any atom is 0.475 e. The van der Waals surface area contributed by atoms with Crippen molar-refractivity contribution in [1.82, 2.24) is 9.55 Å². The molecule has 2 saturated heterocycles. The van der Waals surface area contributed by atoms with E-state index in [0.29, 0.717) is 0 Å². The number of rotatable bonds is 9. The zero-order valence-corrected chi connectivity index (χ0v) is 31.2. The van der Waals surface area contributed by atoms with Gasteiger partial charge in [-0.2, -0.15) is 4.98 Å². The third-order valence-corrected chi connectivity index (χ3v) is 19.9. The van der Waals surface area contributed by atoms with E-state index in [1.165, 1.54) is 29.0 Å². The normalized spacial score (nSPS) is 28.0. The van der Waals surface area contributed by atoms with Crippen LogP contribution in [0.4, 0.5) is 14.6 Å². The summed E-state index contributed by atoms with van der Waals surface area (Å²) in [7, 11) is -9.29. The number of hydrogen-bond acceptors (Lipinski definition) is 10. The molecule has 0 bridgehead atoms. The molecular formula is C30H48F2N3O8PSi2. The average molecular weight is 704 g/mol. The molecule has 258 valence electrons. The highest BCUT2D eigenvalue weighted by Crippen LogP contribution is 2.58. The number of aromatic nitrogens is 2. The first-order valence-electron chi connectivity index (χ1n) is 15.4. The monoisotopic (exact) mass is 703 g/mol. The van der Waals surface area contributed by atoms with E-state index < -0.39 is 72.4 Å². The highest BCUT2D eigenvalue weighted by atomic mass is 31.2. The largest absolute Gasteiger partial charge is 0.475 e. The number of hydrogen-bond donors (Lipinski definition) is 1. The van der Waals surface area contributed by atoms with Crippen LogP contribution in [-0.4, -0.2) is 57.7 Å². The van der Waals surface area contributed by atoms with Gasteiger partial charge in [-0.3, -0.25) is 18.1 Å². The van der Waals surface area contributed by atoms with Crippen molar-refractivity contribution < 1.29 is 40.5 Å². The van der Waals surface area contributed by atoms with Crippen molar-refractivity contribution in [3.05, 3.63) is 58.1 Å². The Hall–Kier alpha value is -1.82. The SMILES string of the molecule is CC(C)(C)[Si](C)(C)O[C@H]1[C@H](O[Si](C)(C)C(C)(C)C)[C@@H](CO[P@]2(=O)OCC[C@H](c3cccc(F)c3F)O2)O[C@H]1n1ccc(N)nc1=O. The van der Waals surface area contributed by atoms with E-state index in [9.17, 15) is 18.1 Å². The lowest BCUT2D eigenvalue weighted by molar-refractivity contribution is -0.0594. The van der Waals surface area contributed by atoms with Crippen molar-refractivity contribution in [2.24, 2.45) is 0 Å². The first-order chi connectivity index (χ1) is 21.1. The fraction of sp³-hybridized carbons (Fsp3) is 0.667. The number of nitrogens with zero attached hydrogens (tertiary/aromatic N) is 2. The van der Waals surface area contributed by atoms with Gasteiger partial charge in [-0.25, -0.2) is 18.1 Å². The summed E-state index contributed by atoms with van der Waals surface area (Å²) in [5.41, 5.74) is 5.08. The molecule has 4 rings (SSSR count). The summed E-state index contributed by atoms with van der Waals surface area (Å²) < 4.78 is 80.9. The van der Waals surface area contributed by atoms with E-state index in [-0.39, 0.29) is 41.1 Å². The van der Waals surface area contributed by atoms with Gasteiger partial charge >= 0.3 is 13.5 Å². The molecule has 0 spiro atoms. The van der Waals surface area contributed by atoms with Gasteiger partial charge in [0.25, 0.3) is 0 Å². The van der Waals surface area contributed by atoms with Gasteiger partial charge in [-0.15, -0.1) is 0 Å². The average Bonchev–Trinajstić information content (AvgIpc) is 3.23. The van der Waals surface area contributed by atoms with Gasteiger partial charge in [0.05, 0.1) is 19.3 Å². The molecular weight excluding hydrogens is 655 g/mol. The lowest BCUT2D eigenvalue weighted by Gasteiger charge is -2.44. The molecule has 11 nitrogen and oxygen atoms in total. The van der Waals surface area contributed by atoms with E-state index >= 15 is 0 Å². The van der Waals surface area contributed by atoms with Crippen LogP contribution in [-0.2, 0) is 31.7 Å². The molecule has 2 fully saturated rings. The molecule has 2 aliphatic rings. The summed E-state index contributed by atoms with van der Waals surface area (Å²) in [6.07, 6.45) is -2.85. The zero-order valence-electron chi connectivity index (χ0n) is 28.3. The van der Waals surface area contributed by atoms with E-state index in [4.69, 9.17) is 32.9 Å². The van der Waals surface area contributed by atoms with Gasteiger partial charge < -0.3 is 19.3 Å². The van der Waals surface area contributed by atoms with Crippen LogP contribution < -0.4 is 11.4 Å². The Morgan fingerprint density at radius 2 is 1.63 bits per heavy atom. The lowest BCUT2D eigenvalue weighted by Crippen LogP contribution is -2.54. The maximum absolute atomic E-state index is 14.6. The highest BCUT2D eigenvalue weighted by Gasteiger charge is 2.55. The van der Waals surface area contributed by atoms with Gasteiger partial charge in [-0.1, -0.05) is 53.7 Å². The molecule has 3 heterocycles. The minimum absolute atomic E-state index is 0.0593. The van der Waals surface area contributed by atoms with E-state index in [1.54, 1.807) is 0 Å². The minimum Gasteiger partial charge on any atom is -0.408 e. The van der Waals surface area contributed by atoms with Crippen molar-refractivity contribution in [3.63, 3.8) is 0 Å². The number of phosphoric acid groups is 1. The number of halogens is 2. The number of phosphoric ester groups is 1. The molecule has 0 aliphatic carbocycles. The molecule has 0 amide bonds. The third kappa shape index (κ3) is 7.90. The fourth-order valence-electron chi connectivity index (χ4n) is 4.71. The summed E-state index contributed by atoms with van der Waals surface area (Å²) in [5, 5.41) is -0.407. The van der Waals surface area contributed by atoms with Crippen LogP contribution in [0.2, 0.25) is 36.3 Å². The lowest BCUT2D eigenvalue weighted by atomic mass is 10.1. The van der Waals surface area contributed by atoms with Crippen LogP contribution in [0.3, 0.4) is 0 Å². The molecule has 16 heteroatoms. The van der Waals surface area contributed by atoms with Gasteiger partial charge in [-0.05, 0) is 48.4 Å². The fourth-order valence-corrected chi connectivity index (χ4v) is 8.70. The number of benzene rings is 1. The predicted molar refractivity (Wildman–Crippen MR) is 175 cm³/mol. The van der Waals surface area contributed by atoms with Crippen LogP contribution in [0.25, 0.3) is 0 Å². The Kier molecular flexibility index (Phi) is 10.7. The molecule has 2 aromatic rings. The summed E-state index contributed by atoms with van der Waals surface area (Å²) in [5.74, 6) is -2.07. The number of anilines is 1. The molecule has 1 aromatic carbocycles. The summed E-state index contributed by atoms with van der Waals surface area (Å²) in [4.78, 5) is 17.0. The second-order valence-corrected chi connectivity index (χ2v) is 26.0. The zero-order chi connectivity index (χ0) is 34.5. The predicted octanol–water partition coefficient (Wildman–Crippen LogP) is 7.08. The molecule has 0 unspecified atom stereocenters. The maximum atomic E-state index is 14.6. The van der Waals surface area contributed by atoms with Crippen molar-refractivity contribution in [2.75, 3.05) is 18.9 Å². The van der Waals surface area contributed by atoms with E-state index in [2.05, 4.69) is 72.7 Å². The van der Waals surface area contributed by atoms with Gasteiger partial charge in [0.2, 0.25) is 0 Å². The molecule has 46 heavy (non-hydrogen) atoms. The molecule has 2 N–H and O–H groups in total. The second kappa shape index (κ2) is 13.2. The smallest absolute Gasteiger partial charge is 0.408 e. The van der Waals surface area contributed by atoms with E-state index in [1.807, 2.05) is 0 Å². The van der Waals surface area contributed by atoms with Crippen molar-refractivity contribution in [3.8, 4) is 0 Å². The standard InChI is InChI=1S/C30H48F2N3O8PSi2/c1-29(2,3)45(7,8)42-25-22(18-39-44(37)38-17-15-21(41-44)19-12-11-13-20(31)24(19)32)40-27(35-16-14-23(33)34-28(35)36)26(25)43-46(9,10)30(4,5)6/h11-14,16,21-22,25-27H,15,17-18H2,1-10H3,(H2,33,34,36)/t21-,22-,25-,26+,27-,44+/m1/s1. The van der Waals surface area contributed by atoms with Crippen LogP contribution in [0.15, 0.2) is 35.3 Å². The van der Waals surface area contributed by atoms with Gasteiger partial charge in [0.15, 0.2) is 34.5 Å². The second-order valence-electron chi connectivity index (χ2n) is 14.9. The summed E-state index contributed by atoms with van der Waals surface area (Å²) in [6.45, 7) is 20.6. The van der Waals surface area contributed by atoms with Gasteiger partial charge in [0.1, 0.15) is 24.1 Å². The Labute approximate surface area is 271 Å². The van der Waals surface area contributed by atoms with Crippen LogP contribution in [0, 0.1) is 11.6 Å². The van der Waals surface area contributed by atoms with Gasteiger partial charge in [0, 0.05) is 18.2 Å². The first-order valence-corrected chi connectivity index (χ1v) is 22.7. The molecule has 2 aliphatic heterocycles. The molecule has 0 saturated carbocycles. The summed E-state index contributed by atoms with van der Waals surface area (Å²) >= 11 is 0. The van der Waals surface area contributed by atoms with Crippen molar-refractivity contribution >= 4 is 30.3 Å². The number of ether oxygens (including phenoxy) is 1. The highest BCUT2D eigenvalue weighted by molar-refractivity contribution is 7.48. The van der Waals surface area contributed by atoms with Crippen LogP contribution >= 0.6 is 7.82 Å². The minimum atomic E-state index is -4.27. The number of nitrogen functional groups attached to an aromatic ring is 1.